The molecule has 0 spiro atoms. The Labute approximate surface area is 294 Å². The molecule has 5 heteroatoms. The molecule has 0 fully saturated rings. The zero-order valence-electron chi connectivity index (χ0n) is 29.6. The van der Waals surface area contributed by atoms with Gasteiger partial charge in [0.25, 0.3) is 0 Å². The zero-order chi connectivity index (χ0) is 34.6. The Morgan fingerprint density at radius 1 is 0.640 bits per heavy atom. The highest BCUT2D eigenvalue weighted by Crippen LogP contribution is 2.40. The lowest BCUT2D eigenvalue weighted by Crippen LogP contribution is -2.25. The van der Waals surface area contributed by atoms with E-state index in [9.17, 15) is 0 Å². The molecule has 5 aromatic carbocycles. The summed E-state index contributed by atoms with van der Waals surface area (Å²) in [7, 11) is 0. The van der Waals surface area contributed by atoms with Crippen LogP contribution in [0, 0.1) is 20.8 Å². The summed E-state index contributed by atoms with van der Waals surface area (Å²) >= 11 is 0. The van der Waals surface area contributed by atoms with Gasteiger partial charge in [-0.3, -0.25) is 4.57 Å². The van der Waals surface area contributed by atoms with E-state index < -0.39 is 0 Å². The quantitative estimate of drug-likeness (QED) is 0.179. The topological polar surface area (TPSA) is 33.5 Å². The van der Waals surface area contributed by atoms with Gasteiger partial charge in [-0.1, -0.05) is 75.4 Å². The predicted octanol–water partition coefficient (Wildman–Crippen LogP) is 11.6. The van der Waals surface area contributed by atoms with Crippen molar-refractivity contribution in [3.05, 3.63) is 156 Å². The van der Waals surface area contributed by atoms with Crippen LogP contribution in [0.25, 0.3) is 38.8 Å². The molecular weight excluding hydrogens is 613 g/mol. The van der Waals surface area contributed by atoms with E-state index in [0.717, 1.165) is 34.0 Å². The minimum atomic E-state index is 0.0134. The van der Waals surface area contributed by atoms with Gasteiger partial charge in [-0.2, -0.15) is 0 Å². The maximum atomic E-state index is 6.59. The highest BCUT2D eigenvalue weighted by Gasteiger charge is 2.22. The van der Waals surface area contributed by atoms with Gasteiger partial charge >= 0.3 is 0 Å². The van der Waals surface area contributed by atoms with Crippen LogP contribution in [0.3, 0.4) is 0 Å². The Morgan fingerprint density at radius 3 is 2.20 bits per heavy atom. The average molecular weight is 655 g/mol. The highest BCUT2D eigenvalue weighted by molar-refractivity contribution is 6.09. The van der Waals surface area contributed by atoms with E-state index in [1.165, 1.54) is 49.8 Å². The molecule has 0 radical (unpaired) electrons. The third-order valence-corrected chi connectivity index (χ3v) is 10.1. The van der Waals surface area contributed by atoms with E-state index >= 15 is 0 Å². The number of hydrogen-bond donors (Lipinski definition) is 0. The number of para-hydroxylation sites is 1. The molecule has 5 nitrogen and oxygen atoms in total. The molecule has 3 heterocycles. The van der Waals surface area contributed by atoms with Crippen LogP contribution in [-0.2, 0) is 5.41 Å². The average Bonchev–Trinajstić information content (AvgIpc) is 3.74. The second kappa shape index (κ2) is 12.3. The van der Waals surface area contributed by atoms with E-state index in [4.69, 9.17) is 9.72 Å². The van der Waals surface area contributed by atoms with Crippen molar-refractivity contribution in [3.63, 3.8) is 0 Å². The lowest BCUT2D eigenvalue weighted by molar-refractivity contribution is 0.483. The molecule has 0 amide bonds. The summed E-state index contributed by atoms with van der Waals surface area (Å²) < 4.78 is 8.84. The van der Waals surface area contributed by atoms with Crippen LogP contribution in [-0.4, -0.2) is 16.2 Å². The third kappa shape index (κ3) is 5.59. The summed E-state index contributed by atoms with van der Waals surface area (Å²) in [5, 5.41) is 2.36. The van der Waals surface area contributed by atoms with Crippen molar-refractivity contribution in [1.29, 1.82) is 0 Å². The largest absolute Gasteiger partial charge is 0.457 e. The predicted molar refractivity (Wildman–Crippen MR) is 209 cm³/mol. The molecule has 7 aromatic rings. The van der Waals surface area contributed by atoms with Crippen molar-refractivity contribution in [3.8, 4) is 28.4 Å². The molecule has 0 saturated carbocycles. The van der Waals surface area contributed by atoms with Crippen LogP contribution in [0.2, 0.25) is 0 Å². The first-order valence-corrected chi connectivity index (χ1v) is 17.3. The number of anilines is 2. The molecule has 0 N–H and O–H groups in total. The van der Waals surface area contributed by atoms with Crippen molar-refractivity contribution in [1.82, 2.24) is 9.55 Å². The van der Waals surface area contributed by atoms with Crippen molar-refractivity contribution in [2.75, 3.05) is 16.5 Å². The molecule has 0 saturated heterocycles. The first-order valence-electron chi connectivity index (χ1n) is 17.3. The Kier molecular flexibility index (Phi) is 7.71. The summed E-state index contributed by atoms with van der Waals surface area (Å²) in [4.78, 5) is 9.44. The standard InChI is InChI=1S/C45H42N4O/c1-30-25-42(44(32(3)31(30)2)33-13-8-7-9-14-33)48-24-23-47(29-48)35-15-12-16-36(27-35)50-37-19-20-39-38-17-10-11-18-40(38)49(41(39)28-37)43-26-34(21-22-46-43)45(4,5)6/h7-28H,29H2,1-6H3. The highest BCUT2D eigenvalue weighted by atomic mass is 16.5. The first kappa shape index (κ1) is 31.5. The third-order valence-electron chi connectivity index (χ3n) is 10.1. The number of aryl methyl sites for hydroxylation is 1. The molecule has 2 aromatic heterocycles. The molecule has 0 aliphatic carbocycles. The lowest BCUT2D eigenvalue weighted by atomic mass is 9.88. The number of ether oxygens (including phenoxy) is 1. The fourth-order valence-corrected chi connectivity index (χ4v) is 7.13. The molecule has 0 atom stereocenters. The van der Waals surface area contributed by atoms with Crippen LogP contribution < -0.4 is 14.5 Å². The molecule has 0 unspecified atom stereocenters. The van der Waals surface area contributed by atoms with Gasteiger partial charge in [-0.25, -0.2) is 4.98 Å². The molecule has 1 aliphatic rings. The van der Waals surface area contributed by atoms with Crippen molar-refractivity contribution in [2.45, 2.75) is 47.0 Å². The fraction of sp³-hybridized carbons (Fsp3) is 0.178. The van der Waals surface area contributed by atoms with Crippen LogP contribution >= 0.6 is 0 Å². The van der Waals surface area contributed by atoms with E-state index in [1.807, 2.05) is 12.3 Å². The van der Waals surface area contributed by atoms with Crippen LogP contribution in [0.4, 0.5) is 11.4 Å². The van der Waals surface area contributed by atoms with Crippen LogP contribution in [0.1, 0.15) is 43.0 Å². The van der Waals surface area contributed by atoms with Gasteiger partial charge in [0.1, 0.15) is 17.3 Å². The smallest absolute Gasteiger partial charge is 0.137 e. The monoisotopic (exact) mass is 654 g/mol. The Morgan fingerprint density at radius 2 is 1.38 bits per heavy atom. The Balaban J connectivity index is 1.10. The summed E-state index contributed by atoms with van der Waals surface area (Å²) in [6.07, 6.45) is 6.25. The number of pyridine rings is 1. The zero-order valence-corrected chi connectivity index (χ0v) is 29.6. The lowest BCUT2D eigenvalue weighted by Gasteiger charge is -2.26. The van der Waals surface area contributed by atoms with E-state index in [1.54, 1.807) is 0 Å². The molecule has 0 bridgehead atoms. The van der Waals surface area contributed by atoms with Gasteiger partial charge in [-0.15, -0.1) is 0 Å². The minimum Gasteiger partial charge on any atom is -0.457 e. The summed E-state index contributed by atoms with van der Waals surface area (Å²) in [5.74, 6) is 2.47. The molecule has 8 rings (SSSR count). The normalized spacial score (nSPS) is 13.2. The van der Waals surface area contributed by atoms with Crippen molar-refractivity contribution < 1.29 is 4.74 Å². The Bertz CT molecular complexity index is 2420. The second-order valence-electron chi connectivity index (χ2n) is 14.4. The van der Waals surface area contributed by atoms with Gasteiger partial charge in [0.15, 0.2) is 0 Å². The Hall–Kier alpha value is -5.81. The van der Waals surface area contributed by atoms with E-state index in [2.05, 4.69) is 178 Å². The molecule has 50 heavy (non-hydrogen) atoms. The molecule has 248 valence electrons. The van der Waals surface area contributed by atoms with E-state index in [-0.39, 0.29) is 5.41 Å². The van der Waals surface area contributed by atoms with Crippen LogP contribution in [0.5, 0.6) is 11.5 Å². The van der Waals surface area contributed by atoms with Gasteiger partial charge in [0.05, 0.1) is 23.4 Å². The number of fused-ring (bicyclic) bond motifs is 3. The van der Waals surface area contributed by atoms with Gasteiger partial charge in [-0.05, 0) is 103 Å². The number of rotatable bonds is 6. The molecular formula is C45H42N4O. The first-order chi connectivity index (χ1) is 24.2. The fourth-order valence-electron chi connectivity index (χ4n) is 7.13. The maximum absolute atomic E-state index is 6.59. The van der Waals surface area contributed by atoms with Crippen molar-refractivity contribution in [2.24, 2.45) is 0 Å². The summed E-state index contributed by atoms with van der Waals surface area (Å²) in [5.41, 5.74) is 12.2. The van der Waals surface area contributed by atoms with E-state index in [0.29, 0.717) is 6.67 Å². The number of benzene rings is 5. The number of hydrogen-bond acceptors (Lipinski definition) is 4. The second-order valence-corrected chi connectivity index (χ2v) is 14.4. The SMILES string of the molecule is Cc1cc(N2C=CN(c3cccc(Oc4ccc5c6ccccc6n(-c6cc(C(C)(C)C)ccn6)c5c4)c3)C2)c(-c2ccccc2)c(C)c1C. The van der Waals surface area contributed by atoms with Gasteiger partial charge < -0.3 is 14.5 Å². The maximum Gasteiger partial charge on any atom is 0.137 e. The van der Waals surface area contributed by atoms with Crippen molar-refractivity contribution >= 4 is 33.2 Å². The molecule has 1 aliphatic heterocycles. The summed E-state index contributed by atoms with van der Waals surface area (Å²) in [6, 6.07) is 40.6. The minimum absolute atomic E-state index is 0.0134. The number of nitrogens with zero attached hydrogens (tertiary/aromatic N) is 4. The van der Waals surface area contributed by atoms with Crippen LogP contribution in [0.15, 0.2) is 134 Å². The van der Waals surface area contributed by atoms with Gasteiger partial charge in [0, 0.05) is 52.8 Å². The van der Waals surface area contributed by atoms with Gasteiger partial charge in [0.2, 0.25) is 0 Å². The number of aromatic nitrogens is 2. The summed E-state index contributed by atoms with van der Waals surface area (Å²) in [6.45, 7) is 14.1.